The molecule has 5 atom stereocenters. The minimum atomic E-state index is -1.33. The fraction of sp³-hybridized carbons (Fsp3) is 0.704. The van der Waals surface area contributed by atoms with Crippen molar-refractivity contribution in [2.75, 3.05) is 7.11 Å². The molecule has 4 rings (SSSR count). The summed E-state index contributed by atoms with van der Waals surface area (Å²) in [6.45, 7) is 12.7. The summed E-state index contributed by atoms with van der Waals surface area (Å²) in [4.78, 5) is 33.8. The van der Waals surface area contributed by atoms with E-state index in [2.05, 4.69) is 49.2 Å². The Kier molecular flexibility index (Phi) is 8.00. The number of primary amides is 1. The Bertz CT molecular complexity index is 1060. The number of nitrogens with zero attached hydrogens (tertiary/aromatic N) is 2. The third-order valence-electron chi connectivity index (χ3n) is 8.54. The number of fused-ring (bicyclic) bond motifs is 1. The summed E-state index contributed by atoms with van der Waals surface area (Å²) in [7, 11) is 1.34. The fourth-order valence-corrected chi connectivity index (χ4v) is 7.23. The van der Waals surface area contributed by atoms with E-state index in [1.54, 1.807) is 10.9 Å². The number of rotatable bonds is 6. The van der Waals surface area contributed by atoms with Crippen LogP contribution in [-0.2, 0) is 4.74 Å². The van der Waals surface area contributed by atoms with Crippen LogP contribution in [0.2, 0.25) is 0 Å². The SMILES string of the molecule is COC(=O)NC(C)(C)/C=C/n1ncc(C(=O)NC2CC3(C)CC4CC(C)CC23C4)c1C(C)C.NC(=O)O. The van der Waals surface area contributed by atoms with E-state index in [0.29, 0.717) is 11.0 Å². The summed E-state index contributed by atoms with van der Waals surface area (Å²) >= 11 is 0. The average molecular weight is 518 g/mol. The Balaban J connectivity index is 0.000000886. The molecule has 0 aliphatic heterocycles. The Morgan fingerprint density at radius 3 is 2.51 bits per heavy atom. The van der Waals surface area contributed by atoms with Gasteiger partial charge >= 0.3 is 12.2 Å². The van der Waals surface area contributed by atoms with Crippen molar-refractivity contribution in [2.45, 2.75) is 91.1 Å². The summed E-state index contributed by atoms with van der Waals surface area (Å²) in [5.41, 5.74) is 5.56. The molecule has 3 fully saturated rings. The number of aromatic nitrogens is 2. The highest BCUT2D eigenvalue weighted by Crippen LogP contribution is 2.73. The first kappa shape index (κ1) is 28.5. The Labute approximate surface area is 219 Å². The monoisotopic (exact) mass is 517 g/mol. The van der Waals surface area contributed by atoms with Crippen LogP contribution < -0.4 is 16.4 Å². The van der Waals surface area contributed by atoms with E-state index >= 15 is 0 Å². The highest BCUT2D eigenvalue weighted by atomic mass is 16.5. The van der Waals surface area contributed by atoms with E-state index in [-0.39, 0.29) is 23.3 Å². The van der Waals surface area contributed by atoms with Gasteiger partial charge in [-0.05, 0) is 80.6 Å². The van der Waals surface area contributed by atoms with Crippen LogP contribution in [0.4, 0.5) is 9.59 Å². The highest BCUT2D eigenvalue weighted by Gasteiger charge is 2.69. The summed E-state index contributed by atoms with van der Waals surface area (Å²) in [6.07, 6.45) is 9.75. The molecule has 3 saturated carbocycles. The van der Waals surface area contributed by atoms with Gasteiger partial charge in [0.05, 0.1) is 30.1 Å². The zero-order valence-corrected chi connectivity index (χ0v) is 23.1. The standard InChI is InChI=1S/C26H40N4O3.CH3NO2/c1-16(2)21-19(15-27-30(21)9-8-24(4,5)29-23(32)33-7)22(31)28-20-14-25(6)12-18-10-17(3)11-26(20,25)13-18;2-1(3)4/h8-9,15-18,20H,10-14H2,1-7H3,(H,28,31)(H,29,32);2H2,(H,3,4)/b9-8+;. The van der Waals surface area contributed by atoms with Gasteiger partial charge in [-0.3, -0.25) is 4.79 Å². The molecule has 1 heterocycles. The first-order valence-electron chi connectivity index (χ1n) is 13.0. The molecule has 10 heteroatoms. The van der Waals surface area contributed by atoms with Crippen molar-refractivity contribution >= 4 is 24.3 Å². The third-order valence-corrected chi connectivity index (χ3v) is 8.54. The van der Waals surface area contributed by atoms with Crippen molar-refractivity contribution < 1.29 is 24.2 Å². The molecule has 1 aromatic heterocycles. The number of carboxylic acid groups (broad SMARTS) is 1. The van der Waals surface area contributed by atoms with Gasteiger partial charge in [-0.15, -0.1) is 0 Å². The molecule has 206 valence electrons. The molecule has 0 aromatic carbocycles. The van der Waals surface area contributed by atoms with Gasteiger partial charge in [0.2, 0.25) is 0 Å². The molecule has 3 amide bonds. The molecule has 3 aliphatic rings. The van der Waals surface area contributed by atoms with Crippen LogP contribution in [0.25, 0.3) is 6.20 Å². The van der Waals surface area contributed by atoms with Crippen LogP contribution in [0.5, 0.6) is 0 Å². The lowest BCUT2D eigenvalue weighted by Crippen LogP contribution is -2.64. The zero-order chi connectivity index (χ0) is 27.8. The van der Waals surface area contributed by atoms with E-state index in [0.717, 1.165) is 24.0 Å². The number of hydrogen-bond acceptors (Lipinski definition) is 5. The van der Waals surface area contributed by atoms with Crippen LogP contribution in [0.3, 0.4) is 0 Å². The van der Waals surface area contributed by atoms with Gasteiger partial charge in [0.15, 0.2) is 0 Å². The first-order chi connectivity index (χ1) is 17.1. The minimum Gasteiger partial charge on any atom is -0.465 e. The Hall–Kier alpha value is -3.04. The van der Waals surface area contributed by atoms with Crippen LogP contribution in [0.15, 0.2) is 12.3 Å². The van der Waals surface area contributed by atoms with Crippen LogP contribution in [0, 0.1) is 22.7 Å². The van der Waals surface area contributed by atoms with Gasteiger partial charge in [0, 0.05) is 12.2 Å². The number of methoxy groups -OCH3 is 1. The number of nitrogens with one attached hydrogen (secondary N) is 2. The van der Waals surface area contributed by atoms with Crippen molar-refractivity contribution in [3.63, 3.8) is 0 Å². The molecule has 2 bridgehead atoms. The summed E-state index contributed by atoms with van der Waals surface area (Å²) in [6, 6.07) is 0.254. The van der Waals surface area contributed by atoms with E-state index in [9.17, 15) is 9.59 Å². The van der Waals surface area contributed by atoms with Crippen molar-refractivity contribution in [3.05, 3.63) is 23.5 Å². The van der Waals surface area contributed by atoms with Crippen molar-refractivity contribution in [2.24, 2.45) is 28.4 Å². The van der Waals surface area contributed by atoms with Crippen LogP contribution in [-0.4, -0.2) is 51.7 Å². The molecule has 3 aliphatic carbocycles. The van der Waals surface area contributed by atoms with Gasteiger partial charge in [-0.1, -0.05) is 27.7 Å². The molecule has 5 unspecified atom stereocenters. The molecule has 1 spiro atoms. The minimum absolute atomic E-state index is 0.0200. The molecule has 10 nitrogen and oxygen atoms in total. The smallest absolute Gasteiger partial charge is 0.407 e. The van der Waals surface area contributed by atoms with Gasteiger partial charge in [0.1, 0.15) is 0 Å². The van der Waals surface area contributed by atoms with E-state index < -0.39 is 17.7 Å². The highest BCUT2D eigenvalue weighted by molar-refractivity contribution is 5.95. The summed E-state index contributed by atoms with van der Waals surface area (Å²) in [5, 5.41) is 17.9. The lowest BCUT2D eigenvalue weighted by atomic mass is 9.46. The van der Waals surface area contributed by atoms with E-state index in [1.165, 1.54) is 32.8 Å². The van der Waals surface area contributed by atoms with Crippen LogP contribution >= 0.6 is 0 Å². The molecule has 5 N–H and O–H groups in total. The number of nitrogens with two attached hydrogens (primary N) is 1. The number of hydrogen-bond donors (Lipinski definition) is 4. The second kappa shape index (κ2) is 10.4. The Morgan fingerprint density at radius 1 is 1.27 bits per heavy atom. The predicted octanol–water partition coefficient (Wildman–Crippen LogP) is 4.57. The van der Waals surface area contributed by atoms with E-state index in [1.807, 2.05) is 26.1 Å². The first-order valence-corrected chi connectivity index (χ1v) is 13.0. The van der Waals surface area contributed by atoms with Gasteiger partial charge in [-0.25, -0.2) is 14.3 Å². The summed E-state index contributed by atoms with van der Waals surface area (Å²) in [5.74, 6) is 1.66. The number of amides is 3. The largest absolute Gasteiger partial charge is 0.465 e. The van der Waals surface area contributed by atoms with Gasteiger partial charge in [0.25, 0.3) is 5.91 Å². The lowest BCUT2D eigenvalue weighted by molar-refractivity contribution is -0.0917. The maximum absolute atomic E-state index is 13.4. The topological polar surface area (TPSA) is 149 Å². The van der Waals surface area contributed by atoms with E-state index in [4.69, 9.17) is 14.6 Å². The number of carbonyl (C=O) groups excluding carboxylic acids is 2. The van der Waals surface area contributed by atoms with Crippen LogP contribution in [0.1, 0.15) is 95.6 Å². The quantitative estimate of drug-likeness (QED) is 0.434. The second-order valence-corrected chi connectivity index (χ2v) is 12.3. The predicted molar refractivity (Wildman–Crippen MR) is 141 cm³/mol. The molecular formula is C27H43N5O5. The van der Waals surface area contributed by atoms with Gasteiger partial charge in [-0.2, -0.15) is 5.10 Å². The lowest BCUT2D eigenvalue weighted by Gasteiger charge is -2.61. The maximum Gasteiger partial charge on any atom is 0.407 e. The normalized spacial score (nSPS) is 30.1. The van der Waals surface area contributed by atoms with Crippen molar-refractivity contribution in [1.82, 2.24) is 20.4 Å². The van der Waals surface area contributed by atoms with Gasteiger partial charge < -0.3 is 26.2 Å². The van der Waals surface area contributed by atoms with Crippen molar-refractivity contribution in [1.29, 1.82) is 0 Å². The summed E-state index contributed by atoms with van der Waals surface area (Å²) < 4.78 is 6.45. The number of ether oxygens (including phenoxy) is 1. The zero-order valence-electron chi connectivity index (χ0n) is 23.1. The fourth-order valence-electron chi connectivity index (χ4n) is 7.23. The van der Waals surface area contributed by atoms with Crippen molar-refractivity contribution in [3.8, 4) is 0 Å². The molecule has 0 saturated heterocycles. The third kappa shape index (κ3) is 5.78. The second-order valence-electron chi connectivity index (χ2n) is 12.3. The number of carbonyl (C=O) groups is 3. The number of alkyl carbamates (subject to hydrolysis) is 1. The molecular weight excluding hydrogens is 474 g/mol. The Morgan fingerprint density at radius 2 is 1.92 bits per heavy atom. The average Bonchev–Trinajstić information content (AvgIpc) is 3.26. The molecule has 1 aromatic rings. The maximum atomic E-state index is 13.4. The molecule has 37 heavy (non-hydrogen) atoms. The molecule has 0 radical (unpaired) electrons.